The fourth-order valence-electron chi connectivity index (χ4n) is 0.700. The molecule has 0 heterocycles. The summed E-state index contributed by atoms with van der Waals surface area (Å²) in [5.41, 5.74) is 5.26. The number of nitrogens with two attached hydrogens (primary N) is 1. The van der Waals surface area contributed by atoms with E-state index in [1.807, 2.05) is 6.92 Å². The summed E-state index contributed by atoms with van der Waals surface area (Å²) in [6.07, 6.45) is 0. The van der Waals surface area contributed by atoms with Crippen LogP contribution in [0.5, 0.6) is 0 Å². The molecule has 4 heteroatoms. The minimum absolute atomic E-state index is 0.0467. The first-order valence-electron chi connectivity index (χ1n) is 3.30. The lowest BCUT2D eigenvalue weighted by molar-refractivity contribution is -0.128. The Labute approximate surface area is 66.1 Å². The zero-order valence-electron chi connectivity index (χ0n) is 6.14. The number of hydrogen-bond donors (Lipinski definition) is 1. The summed E-state index contributed by atoms with van der Waals surface area (Å²) in [7, 11) is 0. The molecule has 3 nitrogen and oxygen atoms in total. The summed E-state index contributed by atoms with van der Waals surface area (Å²) >= 11 is 5.33. The lowest BCUT2D eigenvalue weighted by atomic mass is 10.4. The Morgan fingerprint density at radius 3 is 2.60 bits per heavy atom. The number of carbonyl (C=O) groups excluding carboxylic acids is 1. The molecule has 2 N–H and O–H groups in total. The van der Waals surface area contributed by atoms with E-state index in [9.17, 15) is 4.79 Å². The van der Waals surface area contributed by atoms with Gasteiger partial charge in [0, 0.05) is 19.6 Å². The monoisotopic (exact) mass is 164 g/mol. The highest BCUT2D eigenvalue weighted by atomic mass is 35.5. The Hall–Kier alpha value is -0.280. The summed E-state index contributed by atoms with van der Waals surface area (Å²) in [6, 6.07) is 0. The van der Waals surface area contributed by atoms with Gasteiger partial charge in [-0.15, -0.1) is 11.6 Å². The van der Waals surface area contributed by atoms with Crippen LogP contribution in [0.2, 0.25) is 0 Å². The lowest BCUT2D eigenvalue weighted by Gasteiger charge is -2.17. The van der Waals surface area contributed by atoms with Crippen LogP contribution < -0.4 is 5.73 Å². The first-order chi connectivity index (χ1) is 4.76. The smallest absolute Gasteiger partial charge is 0.237 e. The van der Waals surface area contributed by atoms with E-state index in [2.05, 4.69) is 0 Å². The highest BCUT2D eigenvalue weighted by Crippen LogP contribution is 1.89. The predicted octanol–water partition coefficient (Wildman–Crippen LogP) is 0.0324. The molecule has 0 aliphatic rings. The van der Waals surface area contributed by atoms with Crippen LogP contribution in [-0.4, -0.2) is 36.3 Å². The largest absolute Gasteiger partial charge is 0.341 e. The molecule has 0 aromatic rings. The van der Waals surface area contributed by atoms with Gasteiger partial charge < -0.3 is 10.6 Å². The summed E-state index contributed by atoms with van der Waals surface area (Å²) in [6.45, 7) is 3.68. The van der Waals surface area contributed by atoms with Crippen molar-refractivity contribution < 1.29 is 4.79 Å². The molecule has 0 aromatic heterocycles. The summed E-state index contributed by atoms with van der Waals surface area (Å²) in [5, 5.41) is 0. The van der Waals surface area contributed by atoms with Crippen molar-refractivity contribution in [3.63, 3.8) is 0 Å². The quantitative estimate of drug-likeness (QED) is 0.597. The van der Waals surface area contributed by atoms with Gasteiger partial charge in [-0.1, -0.05) is 0 Å². The van der Waals surface area contributed by atoms with Gasteiger partial charge in [-0.3, -0.25) is 4.79 Å². The molecule has 10 heavy (non-hydrogen) atoms. The molecule has 0 aromatic carbocycles. The second-order valence-corrected chi connectivity index (χ2v) is 2.16. The maximum atomic E-state index is 10.9. The Balaban J connectivity index is 3.68. The van der Waals surface area contributed by atoms with Gasteiger partial charge in [0.2, 0.25) is 5.91 Å². The number of nitrogens with zero attached hydrogens (tertiary/aromatic N) is 1. The third kappa shape index (κ3) is 3.03. The van der Waals surface area contributed by atoms with Gasteiger partial charge in [-0.2, -0.15) is 0 Å². The topological polar surface area (TPSA) is 46.3 Å². The second-order valence-electron chi connectivity index (χ2n) is 1.90. The molecule has 0 saturated carbocycles. The molecule has 0 aliphatic heterocycles. The first kappa shape index (κ1) is 9.72. The van der Waals surface area contributed by atoms with E-state index < -0.39 is 0 Å². The normalized spacial score (nSPS) is 9.50. The molecule has 0 fully saturated rings. The molecule has 0 bridgehead atoms. The fraction of sp³-hybridized carbons (Fsp3) is 0.833. The van der Waals surface area contributed by atoms with Crippen molar-refractivity contribution in [2.75, 3.05) is 25.5 Å². The van der Waals surface area contributed by atoms with Crippen molar-refractivity contribution in [1.29, 1.82) is 0 Å². The number of carbonyl (C=O) groups is 1. The van der Waals surface area contributed by atoms with E-state index in [0.29, 0.717) is 19.6 Å². The summed E-state index contributed by atoms with van der Waals surface area (Å²) in [4.78, 5) is 12.5. The zero-order chi connectivity index (χ0) is 7.98. The van der Waals surface area contributed by atoms with Gasteiger partial charge in [0.05, 0.1) is 0 Å². The molecule has 0 atom stereocenters. The van der Waals surface area contributed by atoms with Crippen molar-refractivity contribution in [3.05, 3.63) is 0 Å². The SMILES string of the molecule is CCN(CCN)C(=O)CCl. The zero-order valence-corrected chi connectivity index (χ0v) is 6.90. The molecule has 0 radical (unpaired) electrons. The molecule has 0 rings (SSSR count). The molecule has 0 aliphatic carbocycles. The third-order valence-electron chi connectivity index (χ3n) is 1.25. The van der Waals surface area contributed by atoms with Crippen LogP contribution in [-0.2, 0) is 4.79 Å². The van der Waals surface area contributed by atoms with Gasteiger partial charge >= 0.3 is 0 Å². The fourth-order valence-corrected chi connectivity index (χ4v) is 0.869. The minimum Gasteiger partial charge on any atom is -0.341 e. The Morgan fingerprint density at radius 2 is 2.30 bits per heavy atom. The molecule has 60 valence electrons. The van der Waals surface area contributed by atoms with Crippen LogP contribution >= 0.6 is 11.6 Å². The second kappa shape index (κ2) is 5.50. The van der Waals surface area contributed by atoms with Crippen molar-refractivity contribution in [2.45, 2.75) is 6.92 Å². The number of amides is 1. The number of likely N-dealkylation sites (N-methyl/N-ethyl adjacent to an activating group) is 1. The number of halogens is 1. The molecule has 0 saturated heterocycles. The van der Waals surface area contributed by atoms with E-state index >= 15 is 0 Å². The molecule has 1 amide bonds. The number of hydrogen-bond acceptors (Lipinski definition) is 2. The van der Waals surface area contributed by atoms with Crippen molar-refractivity contribution in [3.8, 4) is 0 Å². The number of alkyl halides is 1. The van der Waals surface area contributed by atoms with Gasteiger partial charge in [0.25, 0.3) is 0 Å². The molecule has 0 unspecified atom stereocenters. The van der Waals surface area contributed by atoms with Crippen LogP contribution in [0.1, 0.15) is 6.92 Å². The van der Waals surface area contributed by atoms with E-state index in [1.54, 1.807) is 4.90 Å². The number of rotatable bonds is 4. The van der Waals surface area contributed by atoms with Crippen molar-refractivity contribution >= 4 is 17.5 Å². The highest BCUT2D eigenvalue weighted by Gasteiger charge is 2.07. The maximum Gasteiger partial charge on any atom is 0.237 e. The summed E-state index contributed by atoms with van der Waals surface area (Å²) < 4.78 is 0. The van der Waals surface area contributed by atoms with Gasteiger partial charge in [0.15, 0.2) is 0 Å². The van der Waals surface area contributed by atoms with Crippen LogP contribution in [0.4, 0.5) is 0 Å². The van der Waals surface area contributed by atoms with Crippen LogP contribution in [0.3, 0.4) is 0 Å². The average molecular weight is 165 g/mol. The maximum absolute atomic E-state index is 10.9. The minimum atomic E-state index is -0.0467. The Morgan fingerprint density at radius 1 is 1.70 bits per heavy atom. The average Bonchev–Trinajstić information content (AvgIpc) is 1.99. The van der Waals surface area contributed by atoms with Crippen molar-refractivity contribution in [2.24, 2.45) is 5.73 Å². The van der Waals surface area contributed by atoms with E-state index in [0.717, 1.165) is 0 Å². The highest BCUT2D eigenvalue weighted by molar-refractivity contribution is 6.27. The third-order valence-corrected chi connectivity index (χ3v) is 1.48. The van der Waals surface area contributed by atoms with Crippen LogP contribution in [0.15, 0.2) is 0 Å². The Kier molecular flexibility index (Phi) is 5.35. The molecule has 0 spiro atoms. The first-order valence-corrected chi connectivity index (χ1v) is 3.83. The van der Waals surface area contributed by atoms with E-state index in [4.69, 9.17) is 17.3 Å². The van der Waals surface area contributed by atoms with Crippen molar-refractivity contribution in [1.82, 2.24) is 4.90 Å². The Bertz CT molecular complexity index is 108. The van der Waals surface area contributed by atoms with Gasteiger partial charge in [-0.25, -0.2) is 0 Å². The standard InChI is InChI=1S/C6H13ClN2O/c1-2-9(4-3-8)6(10)5-7/h2-5,8H2,1H3. The molecular formula is C6H13ClN2O. The van der Waals surface area contributed by atoms with Gasteiger partial charge in [-0.05, 0) is 6.92 Å². The van der Waals surface area contributed by atoms with E-state index in [-0.39, 0.29) is 11.8 Å². The predicted molar refractivity (Wildman–Crippen MR) is 42.0 cm³/mol. The van der Waals surface area contributed by atoms with E-state index in [1.165, 1.54) is 0 Å². The van der Waals surface area contributed by atoms with Gasteiger partial charge in [0.1, 0.15) is 5.88 Å². The summed E-state index contributed by atoms with van der Waals surface area (Å²) in [5.74, 6) is 0.00279. The van der Waals surface area contributed by atoms with Crippen LogP contribution in [0.25, 0.3) is 0 Å². The van der Waals surface area contributed by atoms with Crippen LogP contribution in [0, 0.1) is 0 Å². The molecular weight excluding hydrogens is 152 g/mol. The lowest BCUT2D eigenvalue weighted by Crippen LogP contribution is -2.35.